The van der Waals surface area contributed by atoms with E-state index in [0.29, 0.717) is 0 Å². The van der Waals surface area contributed by atoms with Gasteiger partial charge in [-0.3, -0.25) is 4.79 Å². The molecule has 0 bridgehead atoms. The number of halogens is 1. The van der Waals surface area contributed by atoms with Crippen molar-refractivity contribution in [2.45, 2.75) is 12.8 Å². The molecule has 0 saturated carbocycles. The molecule has 0 aromatic rings. The van der Waals surface area contributed by atoms with Crippen molar-refractivity contribution < 1.29 is 9.53 Å². The Morgan fingerprint density at radius 3 is 2.53 bits per heavy atom. The van der Waals surface area contributed by atoms with Crippen molar-refractivity contribution in [3.05, 3.63) is 0 Å². The van der Waals surface area contributed by atoms with Gasteiger partial charge in [0.25, 0.3) is 0 Å². The highest BCUT2D eigenvalue weighted by Gasteiger charge is 2.21. The lowest BCUT2D eigenvalue weighted by atomic mass is 9.97. The van der Waals surface area contributed by atoms with Gasteiger partial charge in [-0.05, 0) is 32.4 Å². The van der Waals surface area contributed by atoms with Crippen LogP contribution in [0, 0.1) is 5.92 Å². The minimum absolute atomic E-state index is 0. The molecular formula is C10H21ClN2O2. The Labute approximate surface area is 97.8 Å². The highest BCUT2D eigenvalue weighted by molar-refractivity contribution is 5.85. The lowest BCUT2D eigenvalue weighted by Crippen LogP contribution is -2.41. The summed E-state index contributed by atoms with van der Waals surface area (Å²) < 4.78 is 4.83. The molecule has 15 heavy (non-hydrogen) atoms. The van der Waals surface area contributed by atoms with Crippen LogP contribution in [0.3, 0.4) is 0 Å². The summed E-state index contributed by atoms with van der Waals surface area (Å²) in [6.45, 7) is 3.05. The molecule has 0 spiro atoms. The van der Waals surface area contributed by atoms with Crippen LogP contribution in [-0.2, 0) is 9.53 Å². The van der Waals surface area contributed by atoms with E-state index in [2.05, 4.69) is 5.32 Å². The summed E-state index contributed by atoms with van der Waals surface area (Å²) in [4.78, 5) is 13.3. The number of nitrogens with zero attached hydrogens (tertiary/aromatic N) is 1. The molecule has 0 aliphatic carbocycles. The maximum Gasteiger partial charge on any atom is 0.248 e. The third-order valence-electron chi connectivity index (χ3n) is 2.73. The van der Waals surface area contributed by atoms with E-state index in [-0.39, 0.29) is 24.9 Å². The summed E-state index contributed by atoms with van der Waals surface area (Å²) in [5.41, 5.74) is 0. The SMILES string of the molecule is CNCC1CCN(C(=O)COC)CC1.Cl. The third-order valence-corrected chi connectivity index (χ3v) is 2.73. The van der Waals surface area contributed by atoms with Gasteiger partial charge in [0.05, 0.1) is 0 Å². The second-order valence-electron chi connectivity index (χ2n) is 3.81. The molecule has 0 aromatic heterocycles. The summed E-state index contributed by atoms with van der Waals surface area (Å²) in [5.74, 6) is 0.849. The zero-order chi connectivity index (χ0) is 10.4. The Hall–Kier alpha value is -0.320. The maximum atomic E-state index is 11.4. The van der Waals surface area contributed by atoms with E-state index in [4.69, 9.17) is 4.74 Å². The minimum Gasteiger partial charge on any atom is -0.375 e. The monoisotopic (exact) mass is 236 g/mol. The number of piperidine rings is 1. The van der Waals surface area contributed by atoms with Gasteiger partial charge >= 0.3 is 0 Å². The minimum atomic E-state index is 0. The second-order valence-corrected chi connectivity index (χ2v) is 3.81. The summed E-state index contributed by atoms with van der Waals surface area (Å²) >= 11 is 0. The Bertz CT molecular complexity index is 182. The predicted molar refractivity (Wildman–Crippen MR) is 62.4 cm³/mol. The molecule has 1 rings (SSSR count). The fraction of sp³-hybridized carbons (Fsp3) is 0.900. The largest absolute Gasteiger partial charge is 0.375 e. The van der Waals surface area contributed by atoms with Crippen molar-refractivity contribution >= 4 is 18.3 Å². The van der Waals surface area contributed by atoms with Crippen LogP contribution in [-0.4, -0.2) is 51.2 Å². The molecule has 5 heteroatoms. The number of carbonyl (C=O) groups is 1. The molecule has 1 N–H and O–H groups in total. The van der Waals surface area contributed by atoms with Crippen LogP contribution in [0.1, 0.15) is 12.8 Å². The molecule has 0 aromatic carbocycles. The van der Waals surface area contributed by atoms with Gasteiger partial charge < -0.3 is 15.0 Å². The highest BCUT2D eigenvalue weighted by Crippen LogP contribution is 2.16. The smallest absolute Gasteiger partial charge is 0.248 e. The van der Waals surface area contributed by atoms with Crippen LogP contribution in [0.25, 0.3) is 0 Å². The first kappa shape index (κ1) is 14.7. The Kier molecular flexibility index (Phi) is 7.74. The Morgan fingerprint density at radius 2 is 2.07 bits per heavy atom. The van der Waals surface area contributed by atoms with Crippen molar-refractivity contribution in [3.8, 4) is 0 Å². The number of hydrogen-bond acceptors (Lipinski definition) is 3. The van der Waals surface area contributed by atoms with Crippen molar-refractivity contribution in [3.63, 3.8) is 0 Å². The van der Waals surface area contributed by atoms with Crippen LogP contribution < -0.4 is 5.32 Å². The van der Waals surface area contributed by atoms with E-state index in [1.165, 1.54) is 0 Å². The summed E-state index contributed by atoms with van der Waals surface area (Å²) in [5, 5.41) is 3.18. The van der Waals surface area contributed by atoms with E-state index in [1.807, 2.05) is 11.9 Å². The van der Waals surface area contributed by atoms with Crippen LogP contribution >= 0.6 is 12.4 Å². The molecule has 1 saturated heterocycles. The number of methoxy groups -OCH3 is 1. The van der Waals surface area contributed by atoms with Crippen LogP contribution in [0.15, 0.2) is 0 Å². The van der Waals surface area contributed by atoms with Crippen LogP contribution in [0.4, 0.5) is 0 Å². The third kappa shape index (κ3) is 4.82. The molecule has 0 atom stereocenters. The fourth-order valence-corrected chi connectivity index (χ4v) is 1.89. The number of amides is 1. The van der Waals surface area contributed by atoms with Gasteiger partial charge in [-0.2, -0.15) is 0 Å². The normalized spacial score (nSPS) is 17.3. The second kappa shape index (κ2) is 7.91. The zero-order valence-corrected chi connectivity index (χ0v) is 10.3. The summed E-state index contributed by atoms with van der Waals surface area (Å²) in [6.07, 6.45) is 2.21. The van der Waals surface area contributed by atoms with E-state index >= 15 is 0 Å². The van der Waals surface area contributed by atoms with Crippen molar-refractivity contribution in [2.75, 3.05) is 40.4 Å². The van der Waals surface area contributed by atoms with Crippen molar-refractivity contribution in [2.24, 2.45) is 5.92 Å². The number of ether oxygens (including phenoxy) is 1. The average molecular weight is 237 g/mol. The van der Waals surface area contributed by atoms with E-state index in [1.54, 1.807) is 7.11 Å². The van der Waals surface area contributed by atoms with Gasteiger partial charge in [-0.1, -0.05) is 0 Å². The molecule has 1 aliphatic heterocycles. The Balaban J connectivity index is 0.00000196. The predicted octanol–water partition coefficient (Wildman–Crippen LogP) is 0.513. The average Bonchev–Trinajstić information content (AvgIpc) is 2.20. The van der Waals surface area contributed by atoms with E-state index in [9.17, 15) is 4.79 Å². The number of rotatable bonds is 4. The van der Waals surface area contributed by atoms with Gasteiger partial charge in [0, 0.05) is 20.2 Å². The highest BCUT2D eigenvalue weighted by atomic mass is 35.5. The molecule has 1 amide bonds. The first-order valence-electron chi connectivity index (χ1n) is 5.19. The molecule has 1 fully saturated rings. The quantitative estimate of drug-likeness (QED) is 0.774. The number of nitrogens with one attached hydrogen (secondary N) is 1. The number of carbonyl (C=O) groups excluding carboxylic acids is 1. The topological polar surface area (TPSA) is 41.6 Å². The molecule has 4 nitrogen and oxygen atoms in total. The van der Waals surface area contributed by atoms with Gasteiger partial charge in [-0.25, -0.2) is 0 Å². The van der Waals surface area contributed by atoms with Gasteiger partial charge in [0.1, 0.15) is 6.61 Å². The van der Waals surface area contributed by atoms with E-state index < -0.39 is 0 Å². The lowest BCUT2D eigenvalue weighted by Gasteiger charge is -2.31. The standard InChI is InChI=1S/C10H20N2O2.ClH/c1-11-7-9-3-5-12(6-4-9)10(13)8-14-2;/h9,11H,3-8H2,1-2H3;1H. The number of likely N-dealkylation sites (tertiary alicyclic amines) is 1. The summed E-state index contributed by atoms with van der Waals surface area (Å²) in [7, 11) is 3.54. The number of hydrogen-bond donors (Lipinski definition) is 1. The zero-order valence-electron chi connectivity index (χ0n) is 9.49. The molecule has 1 heterocycles. The molecule has 90 valence electrons. The maximum absolute atomic E-state index is 11.4. The van der Waals surface area contributed by atoms with Gasteiger partial charge in [0.2, 0.25) is 5.91 Å². The molecule has 1 aliphatic rings. The van der Waals surface area contributed by atoms with Gasteiger partial charge in [-0.15, -0.1) is 12.4 Å². The van der Waals surface area contributed by atoms with Crippen molar-refractivity contribution in [1.82, 2.24) is 10.2 Å². The van der Waals surface area contributed by atoms with Gasteiger partial charge in [0.15, 0.2) is 0 Å². The molecule has 0 unspecified atom stereocenters. The molecule has 0 radical (unpaired) electrons. The van der Waals surface area contributed by atoms with Crippen molar-refractivity contribution in [1.29, 1.82) is 0 Å². The summed E-state index contributed by atoms with van der Waals surface area (Å²) in [6, 6.07) is 0. The first-order chi connectivity index (χ1) is 6.77. The van der Waals surface area contributed by atoms with Crippen LogP contribution in [0.2, 0.25) is 0 Å². The van der Waals surface area contributed by atoms with E-state index in [0.717, 1.165) is 38.4 Å². The lowest BCUT2D eigenvalue weighted by molar-refractivity contribution is -0.136. The molecular weight excluding hydrogens is 216 g/mol. The van der Waals surface area contributed by atoms with Crippen LogP contribution in [0.5, 0.6) is 0 Å². The Morgan fingerprint density at radius 1 is 1.47 bits per heavy atom. The fourth-order valence-electron chi connectivity index (χ4n) is 1.89. The first-order valence-corrected chi connectivity index (χ1v) is 5.19.